The van der Waals surface area contributed by atoms with E-state index in [1.165, 1.54) is 12.8 Å². The summed E-state index contributed by atoms with van der Waals surface area (Å²) in [6, 6.07) is 0.0494. The Kier molecular flexibility index (Phi) is 4.36. The molecule has 0 aromatic carbocycles. The lowest BCUT2D eigenvalue weighted by Crippen LogP contribution is -2.62. The maximum Gasteiger partial charge on any atom is 0.250 e. The molecule has 0 spiro atoms. The Morgan fingerprint density at radius 2 is 2.29 bits per heavy atom. The minimum atomic E-state index is 0.0494. The molecule has 5 nitrogen and oxygen atoms in total. The van der Waals surface area contributed by atoms with Gasteiger partial charge in [0.05, 0.1) is 18.8 Å². The smallest absolute Gasteiger partial charge is 0.250 e. The van der Waals surface area contributed by atoms with Crippen molar-refractivity contribution in [3.63, 3.8) is 0 Å². The molecule has 2 N–H and O–H groups in total. The van der Waals surface area contributed by atoms with Crippen LogP contribution in [-0.2, 0) is 9.53 Å². The number of amides is 1. The number of hydrogen-bond donors (Lipinski definition) is 1. The predicted octanol–water partition coefficient (Wildman–Crippen LogP) is 0.00440. The highest BCUT2D eigenvalue weighted by atomic mass is 16.5. The van der Waals surface area contributed by atoms with Crippen LogP contribution in [0.2, 0.25) is 0 Å². The second kappa shape index (κ2) is 5.80. The highest BCUT2D eigenvalue weighted by Gasteiger charge is 2.36. The lowest BCUT2D eigenvalue weighted by Gasteiger charge is -2.47. The predicted molar refractivity (Wildman–Crippen MR) is 65.4 cm³/mol. The summed E-state index contributed by atoms with van der Waals surface area (Å²) >= 11 is 0. The van der Waals surface area contributed by atoms with Crippen LogP contribution in [-0.4, -0.2) is 60.8 Å². The highest BCUT2D eigenvalue weighted by Crippen LogP contribution is 2.23. The maximum atomic E-state index is 12.0. The molecule has 2 aliphatic heterocycles. The third kappa shape index (κ3) is 2.61. The van der Waals surface area contributed by atoms with Crippen molar-refractivity contribution in [2.45, 2.75) is 38.4 Å². The molecule has 2 atom stereocenters. The molecule has 2 rings (SSSR count). The van der Waals surface area contributed by atoms with Crippen molar-refractivity contribution in [1.82, 2.24) is 9.80 Å². The zero-order valence-corrected chi connectivity index (χ0v) is 10.6. The van der Waals surface area contributed by atoms with E-state index >= 15 is 0 Å². The van der Waals surface area contributed by atoms with Gasteiger partial charge < -0.3 is 15.4 Å². The summed E-state index contributed by atoms with van der Waals surface area (Å²) in [5.41, 5.74) is 5.76. The minimum absolute atomic E-state index is 0.0494. The summed E-state index contributed by atoms with van der Waals surface area (Å²) in [5.74, 6) is 0.0945. The second-order valence-electron chi connectivity index (χ2n) is 4.81. The average molecular weight is 241 g/mol. The molecule has 98 valence electrons. The van der Waals surface area contributed by atoms with Gasteiger partial charge in [-0.05, 0) is 25.8 Å². The number of ether oxygens (including phenoxy) is 1. The fourth-order valence-corrected chi connectivity index (χ4v) is 2.89. The number of rotatable bonds is 3. The summed E-state index contributed by atoms with van der Waals surface area (Å²) in [6.45, 7) is 5.51. The SMILES string of the molecule is CCN1CCCCC1N1C(=O)COCC1CN. The summed E-state index contributed by atoms with van der Waals surface area (Å²) in [7, 11) is 0. The Balaban J connectivity index is 2.12. The molecule has 2 saturated heterocycles. The van der Waals surface area contributed by atoms with Crippen molar-refractivity contribution in [3.8, 4) is 0 Å². The maximum absolute atomic E-state index is 12.0. The summed E-state index contributed by atoms with van der Waals surface area (Å²) in [5, 5.41) is 0. The number of piperidine rings is 1. The number of nitrogens with two attached hydrogens (primary N) is 1. The summed E-state index contributed by atoms with van der Waals surface area (Å²) in [4.78, 5) is 16.4. The highest BCUT2D eigenvalue weighted by molar-refractivity contribution is 5.78. The molecule has 1 amide bonds. The molecular formula is C12H23N3O2. The van der Waals surface area contributed by atoms with E-state index in [9.17, 15) is 4.79 Å². The van der Waals surface area contributed by atoms with Crippen LogP contribution in [0.4, 0.5) is 0 Å². The molecule has 0 radical (unpaired) electrons. The second-order valence-corrected chi connectivity index (χ2v) is 4.81. The van der Waals surface area contributed by atoms with Crippen LogP contribution in [0.15, 0.2) is 0 Å². The molecule has 0 saturated carbocycles. The first kappa shape index (κ1) is 12.8. The molecule has 0 bridgehead atoms. The monoisotopic (exact) mass is 241 g/mol. The van der Waals surface area contributed by atoms with Crippen molar-refractivity contribution in [2.24, 2.45) is 5.73 Å². The Labute approximate surface area is 103 Å². The fourth-order valence-electron chi connectivity index (χ4n) is 2.89. The van der Waals surface area contributed by atoms with Gasteiger partial charge in [-0.2, -0.15) is 0 Å². The summed E-state index contributed by atoms with van der Waals surface area (Å²) < 4.78 is 5.29. The first-order valence-electron chi connectivity index (χ1n) is 6.61. The molecular weight excluding hydrogens is 218 g/mol. The van der Waals surface area contributed by atoms with Crippen molar-refractivity contribution < 1.29 is 9.53 Å². The van der Waals surface area contributed by atoms with Gasteiger partial charge in [0, 0.05) is 13.1 Å². The van der Waals surface area contributed by atoms with E-state index in [1.54, 1.807) is 0 Å². The van der Waals surface area contributed by atoms with E-state index < -0.39 is 0 Å². The van der Waals surface area contributed by atoms with Crippen molar-refractivity contribution in [3.05, 3.63) is 0 Å². The molecule has 0 aromatic heterocycles. The van der Waals surface area contributed by atoms with Crippen molar-refractivity contribution >= 4 is 5.91 Å². The Morgan fingerprint density at radius 1 is 1.47 bits per heavy atom. The fraction of sp³-hybridized carbons (Fsp3) is 0.917. The number of carbonyl (C=O) groups excluding carboxylic acids is 1. The van der Waals surface area contributed by atoms with Gasteiger partial charge >= 0.3 is 0 Å². The van der Waals surface area contributed by atoms with Crippen LogP contribution < -0.4 is 5.73 Å². The van der Waals surface area contributed by atoms with E-state index in [-0.39, 0.29) is 24.7 Å². The van der Waals surface area contributed by atoms with Gasteiger partial charge in [0.25, 0.3) is 0 Å². The lowest BCUT2D eigenvalue weighted by molar-refractivity contribution is -0.159. The van der Waals surface area contributed by atoms with Gasteiger partial charge in [-0.1, -0.05) is 6.92 Å². The van der Waals surface area contributed by atoms with E-state index in [4.69, 9.17) is 10.5 Å². The largest absolute Gasteiger partial charge is 0.369 e. The van der Waals surface area contributed by atoms with Crippen LogP contribution in [0, 0.1) is 0 Å². The molecule has 2 aliphatic rings. The number of likely N-dealkylation sites (tertiary alicyclic amines) is 1. The zero-order chi connectivity index (χ0) is 12.3. The first-order chi connectivity index (χ1) is 8.27. The van der Waals surface area contributed by atoms with Crippen LogP contribution in [0.25, 0.3) is 0 Å². The number of carbonyl (C=O) groups is 1. The lowest BCUT2D eigenvalue weighted by atomic mass is 10.0. The van der Waals surface area contributed by atoms with Gasteiger partial charge in [0.1, 0.15) is 6.61 Å². The Hall–Kier alpha value is -0.650. The number of morpholine rings is 1. The Bertz CT molecular complexity index is 272. The molecule has 0 aliphatic carbocycles. The number of nitrogens with zero attached hydrogens (tertiary/aromatic N) is 2. The van der Waals surface area contributed by atoms with Gasteiger partial charge in [-0.15, -0.1) is 0 Å². The average Bonchev–Trinajstić information content (AvgIpc) is 2.38. The molecule has 2 fully saturated rings. The normalized spacial score (nSPS) is 31.9. The van der Waals surface area contributed by atoms with E-state index in [0.29, 0.717) is 13.2 Å². The van der Waals surface area contributed by atoms with Crippen molar-refractivity contribution in [2.75, 3.05) is 32.8 Å². The van der Waals surface area contributed by atoms with Gasteiger partial charge in [-0.25, -0.2) is 0 Å². The van der Waals surface area contributed by atoms with Crippen molar-refractivity contribution in [1.29, 1.82) is 0 Å². The zero-order valence-electron chi connectivity index (χ0n) is 10.6. The van der Waals surface area contributed by atoms with Crippen LogP contribution >= 0.6 is 0 Å². The summed E-state index contributed by atoms with van der Waals surface area (Å²) in [6.07, 6.45) is 3.73. The topological polar surface area (TPSA) is 58.8 Å². The molecule has 2 heterocycles. The van der Waals surface area contributed by atoms with Crippen LogP contribution in [0.1, 0.15) is 26.2 Å². The first-order valence-corrected chi connectivity index (χ1v) is 6.61. The minimum Gasteiger partial charge on any atom is -0.369 e. The van der Waals surface area contributed by atoms with Crippen LogP contribution in [0.5, 0.6) is 0 Å². The third-order valence-electron chi connectivity index (χ3n) is 3.80. The molecule has 2 unspecified atom stereocenters. The quantitative estimate of drug-likeness (QED) is 0.756. The van der Waals surface area contributed by atoms with E-state index in [1.807, 2.05) is 4.90 Å². The van der Waals surface area contributed by atoms with Gasteiger partial charge in [-0.3, -0.25) is 9.69 Å². The Morgan fingerprint density at radius 3 is 3.00 bits per heavy atom. The van der Waals surface area contributed by atoms with E-state index in [0.717, 1.165) is 19.5 Å². The molecule has 17 heavy (non-hydrogen) atoms. The van der Waals surface area contributed by atoms with Gasteiger partial charge in [0.2, 0.25) is 5.91 Å². The van der Waals surface area contributed by atoms with Gasteiger partial charge in [0.15, 0.2) is 0 Å². The van der Waals surface area contributed by atoms with Crippen LogP contribution in [0.3, 0.4) is 0 Å². The standard InChI is InChI=1S/C12H23N3O2/c1-2-14-6-4-3-5-11(14)15-10(7-13)8-17-9-12(15)16/h10-11H,2-9,13H2,1H3. The van der Waals surface area contributed by atoms with E-state index in [2.05, 4.69) is 11.8 Å². The third-order valence-corrected chi connectivity index (χ3v) is 3.80. The molecule has 0 aromatic rings. The molecule has 5 heteroatoms. The number of hydrogen-bond acceptors (Lipinski definition) is 4.